The van der Waals surface area contributed by atoms with Crippen LogP contribution in [0.1, 0.15) is 62.6 Å². The highest BCUT2D eigenvalue weighted by atomic mass is 16.1. The Bertz CT molecular complexity index is 855. The lowest BCUT2D eigenvalue weighted by molar-refractivity contribution is 0.0333. The molecule has 0 atom stereocenters. The van der Waals surface area contributed by atoms with Crippen molar-refractivity contribution in [1.29, 1.82) is 0 Å². The van der Waals surface area contributed by atoms with Crippen molar-refractivity contribution in [3.8, 4) is 5.69 Å². The first-order valence-corrected chi connectivity index (χ1v) is 11.4. The van der Waals surface area contributed by atoms with Gasteiger partial charge in [-0.15, -0.1) is 0 Å². The molecule has 2 fully saturated rings. The van der Waals surface area contributed by atoms with Crippen molar-refractivity contribution in [2.75, 3.05) is 19.6 Å². The van der Waals surface area contributed by atoms with Crippen molar-refractivity contribution in [3.63, 3.8) is 0 Å². The molecule has 2 heterocycles. The molecule has 1 aliphatic heterocycles. The molecule has 1 aliphatic carbocycles. The Morgan fingerprint density at radius 3 is 2.31 bits per heavy atom. The van der Waals surface area contributed by atoms with Gasteiger partial charge in [0, 0.05) is 31.4 Å². The zero-order chi connectivity index (χ0) is 20.3. The van der Waals surface area contributed by atoms with Crippen molar-refractivity contribution < 1.29 is 0 Å². The van der Waals surface area contributed by atoms with Gasteiger partial charge in [-0.25, -0.2) is 4.68 Å². The molecule has 2 aliphatic rings. The molecule has 0 unspecified atom stereocenters. The zero-order valence-electron chi connectivity index (χ0n) is 18.1. The summed E-state index contributed by atoms with van der Waals surface area (Å²) >= 11 is 0. The van der Waals surface area contributed by atoms with Crippen molar-refractivity contribution in [3.05, 3.63) is 51.9 Å². The predicted octanol–water partition coefficient (Wildman–Crippen LogP) is 3.76. The lowest BCUT2D eigenvalue weighted by Gasteiger charge is -2.48. The number of nitrogens with zero attached hydrogens (tertiary/aromatic N) is 3. The third kappa shape index (κ3) is 4.08. The Morgan fingerprint density at radius 2 is 1.62 bits per heavy atom. The third-order valence-electron chi connectivity index (χ3n) is 7.24. The highest BCUT2D eigenvalue weighted by molar-refractivity contribution is 5.33. The first-order chi connectivity index (χ1) is 14.1. The van der Waals surface area contributed by atoms with E-state index in [9.17, 15) is 4.79 Å². The van der Waals surface area contributed by atoms with Crippen molar-refractivity contribution in [2.45, 2.75) is 70.4 Å². The van der Waals surface area contributed by atoms with Crippen LogP contribution < -0.4 is 10.9 Å². The number of nitrogens with one attached hydrogen (secondary N) is 1. The maximum atomic E-state index is 13.2. The van der Waals surface area contributed by atoms with E-state index in [0.29, 0.717) is 12.1 Å². The molecule has 0 amide bonds. The molecule has 5 heteroatoms. The minimum absolute atomic E-state index is 0.0966. The Labute approximate surface area is 174 Å². The fraction of sp³-hybridized carbons (Fsp3) is 0.625. The van der Waals surface area contributed by atoms with Gasteiger partial charge in [-0.2, -0.15) is 0 Å². The normalized spacial score (nSPS) is 20.1. The summed E-state index contributed by atoms with van der Waals surface area (Å²) in [5, 5.41) is 3.71. The van der Waals surface area contributed by atoms with E-state index in [2.05, 4.69) is 17.1 Å². The average Bonchev–Trinajstić information content (AvgIpc) is 2.99. The SMILES string of the molecule is Cc1c(CNCC2(N3CCCCC3)CCCCC2)c(=O)n(-c2ccccc2)n1C. The van der Waals surface area contributed by atoms with Crippen LogP contribution in [0.4, 0.5) is 0 Å². The first-order valence-electron chi connectivity index (χ1n) is 11.4. The number of rotatable bonds is 6. The van der Waals surface area contributed by atoms with E-state index in [1.807, 2.05) is 42.1 Å². The molecule has 29 heavy (non-hydrogen) atoms. The molecule has 2 aromatic rings. The number of para-hydroxylation sites is 1. The monoisotopic (exact) mass is 396 g/mol. The van der Waals surface area contributed by atoms with Crippen LogP contribution in [0.5, 0.6) is 0 Å². The summed E-state index contributed by atoms with van der Waals surface area (Å²) in [4.78, 5) is 15.9. The smallest absolute Gasteiger partial charge is 0.276 e. The molecule has 0 spiro atoms. The van der Waals surface area contributed by atoms with E-state index in [0.717, 1.165) is 23.5 Å². The van der Waals surface area contributed by atoms with Crippen LogP contribution >= 0.6 is 0 Å². The van der Waals surface area contributed by atoms with E-state index in [4.69, 9.17) is 0 Å². The van der Waals surface area contributed by atoms with Gasteiger partial charge in [0.05, 0.1) is 11.3 Å². The maximum Gasteiger partial charge on any atom is 0.276 e. The number of aromatic nitrogens is 2. The van der Waals surface area contributed by atoms with Gasteiger partial charge in [0.1, 0.15) is 0 Å². The van der Waals surface area contributed by atoms with Gasteiger partial charge in [-0.3, -0.25) is 14.4 Å². The van der Waals surface area contributed by atoms with Crippen molar-refractivity contribution >= 4 is 0 Å². The molecule has 4 rings (SSSR count). The molecular weight excluding hydrogens is 360 g/mol. The van der Waals surface area contributed by atoms with Gasteiger partial charge in [-0.05, 0) is 57.8 Å². The Kier molecular flexibility index (Phi) is 6.26. The second-order valence-corrected chi connectivity index (χ2v) is 8.98. The molecule has 1 N–H and O–H groups in total. The molecule has 0 radical (unpaired) electrons. The molecule has 5 nitrogen and oxygen atoms in total. The molecule has 1 aromatic heterocycles. The van der Waals surface area contributed by atoms with Gasteiger partial charge in [0.25, 0.3) is 5.56 Å². The summed E-state index contributed by atoms with van der Waals surface area (Å²) in [6.07, 6.45) is 10.7. The van der Waals surface area contributed by atoms with Gasteiger partial charge < -0.3 is 5.32 Å². The second-order valence-electron chi connectivity index (χ2n) is 8.98. The number of piperidine rings is 1. The van der Waals surface area contributed by atoms with Crippen molar-refractivity contribution in [2.24, 2.45) is 7.05 Å². The highest BCUT2D eigenvalue weighted by Crippen LogP contribution is 2.35. The van der Waals surface area contributed by atoms with Crippen LogP contribution in [0.2, 0.25) is 0 Å². The number of hydrogen-bond donors (Lipinski definition) is 1. The van der Waals surface area contributed by atoms with E-state index < -0.39 is 0 Å². The number of benzene rings is 1. The topological polar surface area (TPSA) is 42.2 Å². The lowest BCUT2D eigenvalue weighted by atomic mass is 9.79. The van der Waals surface area contributed by atoms with E-state index in [1.165, 1.54) is 64.5 Å². The molecule has 158 valence electrons. The van der Waals surface area contributed by atoms with Gasteiger partial charge >= 0.3 is 0 Å². The molecular formula is C24H36N4O. The summed E-state index contributed by atoms with van der Waals surface area (Å²) < 4.78 is 3.77. The van der Waals surface area contributed by atoms with Gasteiger partial charge in [0.15, 0.2) is 0 Å². The Balaban J connectivity index is 1.50. The molecule has 1 saturated heterocycles. The van der Waals surface area contributed by atoms with Gasteiger partial charge in [-0.1, -0.05) is 43.9 Å². The summed E-state index contributed by atoms with van der Waals surface area (Å²) in [5.41, 5.74) is 3.24. The Hall–Kier alpha value is -1.85. The lowest BCUT2D eigenvalue weighted by Crippen LogP contribution is -2.57. The maximum absolute atomic E-state index is 13.2. The highest BCUT2D eigenvalue weighted by Gasteiger charge is 2.38. The third-order valence-corrected chi connectivity index (χ3v) is 7.24. The fourth-order valence-corrected chi connectivity index (χ4v) is 5.43. The van der Waals surface area contributed by atoms with Crippen LogP contribution in [0.15, 0.2) is 35.1 Å². The largest absolute Gasteiger partial charge is 0.311 e. The fourth-order valence-electron chi connectivity index (χ4n) is 5.43. The van der Waals surface area contributed by atoms with Crippen LogP contribution in [0, 0.1) is 6.92 Å². The number of likely N-dealkylation sites (tertiary alicyclic amines) is 1. The average molecular weight is 397 g/mol. The minimum Gasteiger partial charge on any atom is -0.311 e. The van der Waals surface area contributed by atoms with E-state index in [1.54, 1.807) is 4.68 Å². The number of hydrogen-bond acceptors (Lipinski definition) is 3. The molecule has 1 aromatic carbocycles. The molecule has 1 saturated carbocycles. The van der Waals surface area contributed by atoms with Crippen LogP contribution in [0.25, 0.3) is 5.69 Å². The minimum atomic E-state index is 0.0966. The van der Waals surface area contributed by atoms with Crippen LogP contribution in [-0.4, -0.2) is 39.4 Å². The van der Waals surface area contributed by atoms with Crippen molar-refractivity contribution in [1.82, 2.24) is 19.6 Å². The second kappa shape index (κ2) is 8.88. The quantitative estimate of drug-likeness (QED) is 0.808. The molecule has 0 bridgehead atoms. The van der Waals surface area contributed by atoms with Crippen LogP contribution in [-0.2, 0) is 13.6 Å². The van der Waals surface area contributed by atoms with E-state index in [-0.39, 0.29) is 5.56 Å². The summed E-state index contributed by atoms with van der Waals surface area (Å²) in [6.45, 7) is 6.18. The summed E-state index contributed by atoms with van der Waals surface area (Å²) in [7, 11) is 1.98. The summed E-state index contributed by atoms with van der Waals surface area (Å²) in [6, 6.07) is 9.93. The van der Waals surface area contributed by atoms with Gasteiger partial charge in [0.2, 0.25) is 0 Å². The zero-order valence-corrected chi connectivity index (χ0v) is 18.1. The van der Waals surface area contributed by atoms with Crippen LogP contribution in [0.3, 0.4) is 0 Å². The summed E-state index contributed by atoms with van der Waals surface area (Å²) in [5.74, 6) is 0. The first kappa shape index (κ1) is 20.4. The van der Waals surface area contributed by atoms with E-state index >= 15 is 0 Å². The predicted molar refractivity (Wildman–Crippen MR) is 119 cm³/mol. The standard InChI is InChI=1S/C24H36N4O/c1-20-22(23(29)28(26(20)2)21-12-6-3-7-13-21)18-25-19-24(14-8-4-9-15-24)27-16-10-5-11-17-27/h3,6-7,12-13,25H,4-5,8-11,14-19H2,1-2H3. The Morgan fingerprint density at radius 1 is 0.966 bits per heavy atom.